The monoisotopic (exact) mass is 1250 g/mol. The van der Waals surface area contributed by atoms with Gasteiger partial charge in [-0.15, -0.1) is 0 Å². The van der Waals surface area contributed by atoms with E-state index in [1.807, 2.05) is 6.08 Å². The van der Waals surface area contributed by atoms with E-state index in [1.165, 1.54) is 218 Å². The van der Waals surface area contributed by atoms with Crippen molar-refractivity contribution >= 4 is 11.9 Å². The van der Waals surface area contributed by atoms with Gasteiger partial charge in [-0.1, -0.05) is 345 Å². The van der Waals surface area contributed by atoms with Gasteiger partial charge in [-0.05, 0) is 70.6 Å². The molecule has 1 fully saturated rings. The van der Waals surface area contributed by atoms with E-state index < -0.39 is 67.4 Å². The van der Waals surface area contributed by atoms with Crippen molar-refractivity contribution < 1.29 is 49.3 Å². The van der Waals surface area contributed by atoms with Crippen LogP contribution < -0.4 is 5.32 Å². The molecular weight excluding hydrogens is 1110 g/mol. The number of carbonyl (C=O) groups excluding carboxylic acids is 2. The molecule has 0 bridgehead atoms. The Labute approximate surface area is 548 Å². The fraction of sp³-hybridized carbons (Fsp3) is 0.846. The highest BCUT2D eigenvalue weighted by molar-refractivity contribution is 5.80. The van der Waals surface area contributed by atoms with Gasteiger partial charge in [-0.2, -0.15) is 0 Å². The Balaban J connectivity index is 2.55. The van der Waals surface area contributed by atoms with Gasteiger partial charge < -0.3 is 45.1 Å². The molecule has 0 aromatic carbocycles. The number of nitrogens with one attached hydrogen (secondary N) is 1. The summed E-state index contributed by atoms with van der Waals surface area (Å²) in [5, 5.41) is 57.4. The molecule has 8 atom stereocenters. The van der Waals surface area contributed by atoms with Gasteiger partial charge >= 0.3 is 5.97 Å². The summed E-state index contributed by atoms with van der Waals surface area (Å²) in [5.41, 5.74) is 0. The first-order valence-electron chi connectivity index (χ1n) is 38.1. The van der Waals surface area contributed by atoms with Crippen LogP contribution in [0.2, 0.25) is 0 Å². The summed E-state index contributed by atoms with van der Waals surface area (Å²) < 4.78 is 17.7. The van der Waals surface area contributed by atoms with Gasteiger partial charge in [0.15, 0.2) is 12.4 Å². The predicted octanol–water partition coefficient (Wildman–Crippen LogP) is 20.1. The minimum Gasteiger partial charge on any atom is -0.454 e. The molecule has 0 aromatic heterocycles. The van der Waals surface area contributed by atoms with Crippen LogP contribution >= 0.6 is 0 Å². The molecule has 0 spiro atoms. The smallest absolute Gasteiger partial charge is 0.306 e. The van der Waals surface area contributed by atoms with Crippen LogP contribution in [0.5, 0.6) is 0 Å². The van der Waals surface area contributed by atoms with E-state index in [1.54, 1.807) is 6.08 Å². The summed E-state index contributed by atoms with van der Waals surface area (Å²) in [6.07, 6.45) is 74.1. The number of amides is 1. The zero-order valence-electron chi connectivity index (χ0n) is 58.1. The van der Waals surface area contributed by atoms with Crippen molar-refractivity contribution in [3.8, 4) is 0 Å². The van der Waals surface area contributed by atoms with E-state index in [0.717, 1.165) is 96.3 Å². The van der Waals surface area contributed by atoms with Gasteiger partial charge in [0.05, 0.1) is 25.4 Å². The van der Waals surface area contributed by atoms with Crippen LogP contribution in [0.1, 0.15) is 361 Å². The number of hydrogen-bond acceptors (Lipinski definition) is 10. The first kappa shape index (κ1) is 84.4. The minimum atomic E-state index is -1.62. The highest BCUT2D eigenvalue weighted by atomic mass is 16.7. The van der Waals surface area contributed by atoms with Crippen molar-refractivity contribution in [3.63, 3.8) is 0 Å². The molecule has 1 heterocycles. The molecule has 8 unspecified atom stereocenters. The fourth-order valence-corrected chi connectivity index (χ4v) is 11.9. The highest BCUT2D eigenvalue weighted by Crippen LogP contribution is 2.27. The summed E-state index contributed by atoms with van der Waals surface area (Å²) in [7, 11) is 0. The third-order valence-electron chi connectivity index (χ3n) is 17.9. The van der Waals surface area contributed by atoms with Crippen LogP contribution in [0.15, 0.2) is 60.8 Å². The summed E-state index contributed by atoms with van der Waals surface area (Å²) >= 11 is 0. The van der Waals surface area contributed by atoms with Gasteiger partial charge in [0, 0.05) is 6.42 Å². The van der Waals surface area contributed by atoms with E-state index in [2.05, 4.69) is 74.7 Å². The van der Waals surface area contributed by atoms with Crippen molar-refractivity contribution in [1.82, 2.24) is 5.32 Å². The van der Waals surface area contributed by atoms with Crippen molar-refractivity contribution in [2.45, 2.75) is 410 Å². The third kappa shape index (κ3) is 52.4. The highest BCUT2D eigenvalue weighted by Gasteiger charge is 2.47. The van der Waals surface area contributed by atoms with Crippen LogP contribution in [0, 0.1) is 0 Å². The van der Waals surface area contributed by atoms with Crippen LogP contribution in [0.4, 0.5) is 0 Å². The number of aliphatic hydroxyl groups is 5. The molecule has 11 heteroatoms. The number of ether oxygens (including phenoxy) is 3. The van der Waals surface area contributed by atoms with Crippen molar-refractivity contribution in [1.29, 1.82) is 0 Å². The zero-order chi connectivity index (χ0) is 64.6. The maximum absolute atomic E-state index is 13.5. The molecule has 0 radical (unpaired) electrons. The topological polar surface area (TPSA) is 175 Å². The number of allylic oxidation sites excluding steroid dienone is 9. The molecule has 520 valence electrons. The van der Waals surface area contributed by atoms with E-state index in [-0.39, 0.29) is 19.4 Å². The number of rotatable bonds is 66. The summed E-state index contributed by atoms with van der Waals surface area (Å²) in [6.45, 7) is 5.82. The van der Waals surface area contributed by atoms with E-state index in [0.29, 0.717) is 12.8 Å². The third-order valence-corrected chi connectivity index (χ3v) is 17.9. The number of hydrogen-bond donors (Lipinski definition) is 6. The van der Waals surface area contributed by atoms with Crippen LogP contribution in [-0.2, 0) is 23.8 Å². The average molecular weight is 1250 g/mol. The second-order valence-corrected chi connectivity index (χ2v) is 26.4. The maximum Gasteiger partial charge on any atom is 0.306 e. The Hall–Kier alpha value is -2.64. The molecule has 0 aromatic rings. The van der Waals surface area contributed by atoms with Crippen molar-refractivity contribution in [3.05, 3.63) is 60.8 Å². The van der Waals surface area contributed by atoms with E-state index >= 15 is 0 Å². The summed E-state index contributed by atoms with van der Waals surface area (Å²) in [4.78, 5) is 26.7. The lowest BCUT2D eigenvalue weighted by Gasteiger charge is -2.41. The van der Waals surface area contributed by atoms with Gasteiger partial charge in [0.25, 0.3) is 0 Å². The van der Waals surface area contributed by atoms with Gasteiger partial charge in [0.2, 0.25) is 5.91 Å². The average Bonchev–Trinajstić information content (AvgIpc) is 3.11. The molecule has 1 aliphatic heterocycles. The quantitative estimate of drug-likeness (QED) is 0.0195. The Morgan fingerprint density at radius 2 is 0.775 bits per heavy atom. The molecule has 1 saturated heterocycles. The second kappa shape index (κ2) is 65.4. The van der Waals surface area contributed by atoms with Crippen LogP contribution in [-0.4, -0.2) is 99.6 Å². The SMILES string of the molecule is CCCCC/C=C\C/C=C\C/C=C\C/C=C\CCCCCCCCC(O)C(=O)NC(COC1OC(CO)C(O)C(O)C1OC(=O)CCCCCCCCCCCCCCCCCCCCCCCCCCC)C(O)/C=C/CCCCCCCCCCCCC. The first-order valence-corrected chi connectivity index (χ1v) is 38.1. The van der Waals surface area contributed by atoms with Crippen molar-refractivity contribution in [2.24, 2.45) is 0 Å². The maximum atomic E-state index is 13.5. The molecule has 0 saturated carbocycles. The van der Waals surface area contributed by atoms with E-state index in [9.17, 15) is 35.1 Å². The normalized spacial score (nSPS) is 18.4. The lowest BCUT2D eigenvalue weighted by molar-refractivity contribution is -0.305. The lowest BCUT2D eigenvalue weighted by Crippen LogP contribution is -2.61. The molecule has 6 N–H and O–H groups in total. The largest absolute Gasteiger partial charge is 0.454 e. The standard InChI is InChI=1S/C78H143NO10/c1-4-7-10-13-16-19-22-25-27-29-31-33-35-36-37-39-41-43-45-48-51-54-57-60-63-66-73(83)89-76-75(85)74(84)72(67-80)88-78(76)87-68-69(70(81)64-61-58-55-52-49-46-24-21-18-15-12-9-6-3)79-77(86)71(82)65-62-59-56-53-50-47-44-42-40-38-34-32-30-28-26-23-20-17-14-11-8-5-2/h17,20,26,28,32,34,40,42,61,64,69-72,74-76,78,80-82,84-85H,4-16,18-19,21-25,27,29-31,33,35-39,41,43-60,62-63,65-68H2,1-3H3,(H,79,86)/b20-17-,28-26-,34-32-,42-40-,64-61+. The Bertz CT molecular complexity index is 1680. The molecule has 1 amide bonds. The summed E-state index contributed by atoms with van der Waals surface area (Å²) in [6, 6.07) is -1.03. The Kier molecular flexibility index (Phi) is 62.0. The van der Waals surface area contributed by atoms with Crippen LogP contribution in [0.25, 0.3) is 0 Å². The molecule has 1 rings (SSSR count). The van der Waals surface area contributed by atoms with Crippen molar-refractivity contribution in [2.75, 3.05) is 13.2 Å². The fourth-order valence-electron chi connectivity index (χ4n) is 11.9. The zero-order valence-corrected chi connectivity index (χ0v) is 58.1. The van der Waals surface area contributed by atoms with Gasteiger partial charge in [0.1, 0.15) is 24.4 Å². The van der Waals surface area contributed by atoms with Gasteiger partial charge in [-0.3, -0.25) is 9.59 Å². The lowest BCUT2D eigenvalue weighted by atomic mass is 9.99. The summed E-state index contributed by atoms with van der Waals surface area (Å²) in [5.74, 6) is -1.19. The van der Waals surface area contributed by atoms with Gasteiger partial charge in [-0.25, -0.2) is 0 Å². The number of unbranched alkanes of at least 4 members (excludes halogenated alkanes) is 44. The Morgan fingerprint density at radius 3 is 1.18 bits per heavy atom. The molecular formula is C78H143NO10. The Morgan fingerprint density at radius 1 is 0.438 bits per heavy atom. The molecule has 0 aliphatic carbocycles. The number of esters is 1. The van der Waals surface area contributed by atoms with Crippen LogP contribution in [0.3, 0.4) is 0 Å². The molecule has 89 heavy (non-hydrogen) atoms. The number of aliphatic hydroxyl groups excluding tert-OH is 5. The first-order chi connectivity index (χ1) is 43.7. The second-order valence-electron chi connectivity index (χ2n) is 26.4. The predicted molar refractivity (Wildman–Crippen MR) is 375 cm³/mol. The molecule has 11 nitrogen and oxygen atoms in total. The number of carbonyl (C=O) groups is 2. The molecule has 1 aliphatic rings. The minimum absolute atomic E-state index is 0.126. The van der Waals surface area contributed by atoms with E-state index in [4.69, 9.17) is 14.2 Å².